The van der Waals surface area contributed by atoms with E-state index in [4.69, 9.17) is 23.2 Å². The summed E-state index contributed by atoms with van der Waals surface area (Å²) >= 11 is 13.9. The predicted molar refractivity (Wildman–Crippen MR) is 75.8 cm³/mol. The third kappa shape index (κ3) is 4.96. The molecule has 0 aliphatic carbocycles. The van der Waals surface area contributed by atoms with Crippen molar-refractivity contribution in [1.82, 2.24) is 5.32 Å². The highest BCUT2D eigenvalue weighted by Gasteiger charge is 2.04. The van der Waals surface area contributed by atoms with Crippen LogP contribution in [0.4, 0.5) is 0 Å². The van der Waals surface area contributed by atoms with Gasteiger partial charge >= 0.3 is 0 Å². The van der Waals surface area contributed by atoms with Gasteiger partial charge in [-0.05, 0) is 30.4 Å². The van der Waals surface area contributed by atoms with Crippen LogP contribution in [0.3, 0.4) is 0 Å². The monoisotopic (exact) mass is 277 g/mol. The molecule has 0 aromatic heterocycles. The number of nitrogens with one attached hydrogen (secondary N) is 1. The van der Waals surface area contributed by atoms with Crippen molar-refractivity contribution in [3.05, 3.63) is 33.8 Å². The van der Waals surface area contributed by atoms with Crippen LogP contribution in [0.25, 0.3) is 0 Å². The molecule has 0 heterocycles. The Kier molecular flexibility index (Phi) is 6.59. The van der Waals surface area contributed by atoms with E-state index in [0.29, 0.717) is 11.1 Å². The molecule has 0 amide bonds. The summed E-state index contributed by atoms with van der Waals surface area (Å²) in [6, 6.07) is 6.12. The summed E-state index contributed by atoms with van der Waals surface area (Å²) in [4.78, 5) is 0. The summed E-state index contributed by atoms with van der Waals surface area (Å²) in [6.45, 7) is 5.15. The molecule has 0 saturated heterocycles. The zero-order valence-electron chi connectivity index (χ0n) is 9.59. The van der Waals surface area contributed by atoms with E-state index in [1.54, 1.807) is 6.07 Å². The van der Waals surface area contributed by atoms with Gasteiger partial charge in [0, 0.05) is 28.4 Å². The first kappa shape index (κ1) is 14.2. The lowest BCUT2D eigenvalue weighted by Gasteiger charge is -2.13. The Bertz CT molecular complexity index is 331. The minimum atomic E-state index is 0.497. The molecule has 1 nitrogen and oxygen atoms in total. The van der Waals surface area contributed by atoms with Gasteiger partial charge in [0.1, 0.15) is 0 Å². The molecule has 4 heteroatoms. The van der Waals surface area contributed by atoms with Gasteiger partial charge < -0.3 is 5.32 Å². The Hall–Kier alpha value is 0.110. The van der Waals surface area contributed by atoms with Gasteiger partial charge in [-0.25, -0.2) is 0 Å². The van der Waals surface area contributed by atoms with Gasteiger partial charge in [-0.3, -0.25) is 0 Å². The molecule has 0 aliphatic heterocycles. The number of benzene rings is 1. The van der Waals surface area contributed by atoms with E-state index in [2.05, 4.69) is 19.2 Å². The molecule has 0 fully saturated rings. The van der Waals surface area contributed by atoms with E-state index in [-0.39, 0.29) is 0 Å². The second-order valence-electron chi connectivity index (χ2n) is 3.68. The van der Waals surface area contributed by atoms with Crippen molar-refractivity contribution >= 4 is 35.0 Å². The van der Waals surface area contributed by atoms with E-state index < -0.39 is 0 Å². The quantitative estimate of drug-likeness (QED) is 0.836. The molecule has 16 heavy (non-hydrogen) atoms. The molecule has 90 valence electrons. The topological polar surface area (TPSA) is 12.0 Å². The van der Waals surface area contributed by atoms with Crippen LogP contribution in [-0.2, 0) is 6.54 Å². The smallest absolute Gasteiger partial charge is 0.0465 e. The van der Waals surface area contributed by atoms with E-state index in [0.717, 1.165) is 28.6 Å². The molecule has 0 radical (unpaired) electrons. The standard InChI is InChI=1S/C12H17Cl2NS/c1-3-16-8-9(2)15-7-10-4-5-11(13)6-12(10)14/h4-6,9,15H,3,7-8H2,1-2H3. The van der Waals surface area contributed by atoms with Crippen LogP contribution in [-0.4, -0.2) is 17.5 Å². The largest absolute Gasteiger partial charge is 0.309 e. The molecular formula is C12H17Cl2NS. The second-order valence-corrected chi connectivity index (χ2v) is 5.84. The van der Waals surface area contributed by atoms with Crippen molar-refractivity contribution in [3.8, 4) is 0 Å². The predicted octanol–water partition coefficient (Wildman–Crippen LogP) is 4.22. The van der Waals surface area contributed by atoms with Crippen LogP contribution < -0.4 is 5.32 Å². The minimum Gasteiger partial charge on any atom is -0.309 e. The van der Waals surface area contributed by atoms with Gasteiger partial charge in [0.05, 0.1) is 0 Å². The first-order chi connectivity index (χ1) is 7.63. The zero-order chi connectivity index (χ0) is 12.0. The van der Waals surface area contributed by atoms with Gasteiger partial charge in [0.15, 0.2) is 0 Å². The van der Waals surface area contributed by atoms with E-state index in [1.807, 2.05) is 23.9 Å². The zero-order valence-corrected chi connectivity index (χ0v) is 11.9. The van der Waals surface area contributed by atoms with E-state index >= 15 is 0 Å². The summed E-state index contributed by atoms with van der Waals surface area (Å²) in [7, 11) is 0. The van der Waals surface area contributed by atoms with E-state index in [9.17, 15) is 0 Å². The molecule has 1 aromatic rings. The Morgan fingerprint density at radius 2 is 2.12 bits per heavy atom. The number of hydrogen-bond donors (Lipinski definition) is 1. The van der Waals surface area contributed by atoms with Crippen molar-refractivity contribution in [2.45, 2.75) is 26.4 Å². The summed E-state index contributed by atoms with van der Waals surface area (Å²) in [5.74, 6) is 2.29. The number of thioether (sulfide) groups is 1. The van der Waals surface area contributed by atoms with Crippen molar-refractivity contribution in [3.63, 3.8) is 0 Å². The Morgan fingerprint density at radius 1 is 1.38 bits per heavy atom. The summed E-state index contributed by atoms with van der Waals surface area (Å²) in [5.41, 5.74) is 1.10. The molecule has 1 rings (SSSR count). The Balaban J connectivity index is 2.42. The number of rotatable bonds is 6. The van der Waals surface area contributed by atoms with Gasteiger partial charge in [0.25, 0.3) is 0 Å². The van der Waals surface area contributed by atoms with Crippen molar-refractivity contribution in [2.75, 3.05) is 11.5 Å². The highest BCUT2D eigenvalue weighted by molar-refractivity contribution is 7.99. The maximum Gasteiger partial charge on any atom is 0.0465 e. The normalized spacial score (nSPS) is 12.8. The van der Waals surface area contributed by atoms with Gasteiger partial charge in [0.2, 0.25) is 0 Å². The van der Waals surface area contributed by atoms with Crippen LogP contribution in [0.5, 0.6) is 0 Å². The van der Waals surface area contributed by atoms with Crippen molar-refractivity contribution in [2.24, 2.45) is 0 Å². The lowest BCUT2D eigenvalue weighted by molar-refractivity contribution is 0.596. The number of halogens is 2. The fourth-order valence-corrected chi connectivity index (χ4v) is 2.49. The fourth-order valence-electron chi connectivity index (χ4n) is 1.30. The molecule has 1 atom stereocenters. The average Bonchev–Trinajstić information content (AvgIpc) is 2.25. The van der Waals surface area contributed by atoms with Gasteiger partial charge in [-0.1, -0.05) is 36.2 Å². The molecule has 0 saturated carbocycles. The fraction of sp³-hybridized carbons (Fsp3) is 0.500. The summed E-state index contributed by atoms with van der Waals surface area (Å²) in [5, 5.41) is 4.86. The average molecular weight is 278 g/mol. The second kappa shape index (κ2) is 7.44. The van der Waals surface area contributed by atoms with Crippen LogP contribution in [0.2, 0.25) is 10.0 Å². The molecule has 1 unspecified atom stereocenters. The Morgan fingerprint density at radius 3 is 2.75 bits per heavy atom. The summed E-state index contributed by atoms with van der Waals surface area (Å²) in [6.07, 6.45) is 0. The van der Waals surface area contributed by atoms with E-state index in [1.165, 1.54) is 0 Å². The SMILES string of the molecule is CCSCC(C)NCc1ccc(Cl)cc1Cl. The molecule has 1 aromatic carbocycles. The molecule has 0 aliphatic rings. The third-order valence-corrected chi connectivity index (χ3v) is 3.96. The van der Waals surface area contributed by atoms with Gasteiger partial charge in [-0.2, -0.15) is 11.8 Å². The number of hydrogen-bond acceptors (Lipinski definition) is 2. The van der Waals surface area contributed by atoms with Crippen LogP contribution >= 0.6 is 35.0 Å². The first-order valence-electron chi connectivity index (χ1n) is 5.38. The minimum absolute atomic E-state index is 0.497. The van der Waals surface area contributed by atoms with Crippen molar-refractivity contribution < 1.29 is 0 Å². The van der Waals surface area contributed by atoms with Crippen LogP contribution in [0, 0.1) is 0 Å². The third-order valence-electron chi connectivity index (χ3n) is 2.23. The van der Waals surface area contributed by atoms with Gasteiger partial charge in [-0.15, -0.1) is 0 Å². The van der Waals surface area contributed by atoms with Crippen molar-refractivity contribution in [1.29, 1.82) is 0 Å². The van der Waals surface area contributed by atoms with Crippen LogP contribution in [0.1, 0.15) is 19.4 Å². The molecule has 0 bridgehead atoms. The lowest BCUT2D eigenvalue weighted by atomic mass is 10.2. The molecular weight excluding hydrogens is 261 g/mol. The Labute approximate surface area is 112 Å². The lowest BCUT2D eigenvalue weighted by Crippen LogP contribution is -2.27. The highest BCUT2D eigenvalue weighted by Crippen LogP contribution is 2.20. The highest BCUT2D eigenvalue weighted by atomic mass is 35.5. The first-order valence-corrected chi connectivity index (χ1v) is 7.29. The summed E-state index contributed by atoms with van der Waals surface area (Å²) < 4.78 is 0. The maximum atomic E-state index is 6.09. The molecule has 0 spiro atoms. The van der Waals surface area contributed by atoms with Crippen LogP contribution in [0.15, 0.2) is 18.2 Å². The molecule has 1 N–H and O–H groups in total. The maximum absolute atomic E-state index is 6.09.